The summed E-state index contributed by atoms with van der Waals surface area (Å²) >= 11 is 3.76. The molecule has 0 fully saturated rings. The predicted molar refractivity (Wildman–Crippen MR) is 257 cm³/mol. The maximum atomic E-state index is 2.42. The van der Waals surface area contributed by atoms with Crippen molar-refractivity contribution >= 4 is 63.0 Å². The average molecular weight is 783 g/mol. The molecule has 8 aromatic carbocycles. The van der Waals surface area contributed by atoms with E-state index in [9.17, 15) is 0 Å². The predicted octanol–water partition coefficient (Wildman–Crippen LogP) is 17.4. The number of benzene rings is 8. The molecule has 0 saturated heterocycles. The summed E-state index contributed by atoms with van der Waals surface area (Å²) in [7, 11) is 0. The second kappa shape index (κ2) is 13.9. The van der Waals surface area contributed by atoms with Crippen LogP contribution in [0.3, 0.4) is 0 Å². The van der Waals surface area contributed by atoms with E-state index in [1.165, 1.54) is 107 Å². The van der Waals surface area contributed by atoms with Gasteiger partial charge in [0, 0.05) is 40.3 Å². The third kappa shape index (κ3) is 6.55. The van der Waals surface area contributed by atoms with Crippen molar-refractivity contribution in [1.29, 1.82) is 0 Å². The maximum absolute atomic E-state index is 2.42. The van der Waals surface area contributed by atoms with E-state index in [1.807, 2.05) is 22.7 Å². The monoisotopic (exact) mass is 782 g/mol. The summed E-state index contributed by atoms with van der Waals surface area (Å²) in [5, 5.41) is 5.35. The van der Waals surface area contributed by atoms with Gasteiger partial charge in [-0.05, 0) is 126 Å². The topological polar surface area (TPSA) is 0 Å². The first kappa shape index (κ1) is 36.5. The average Bonchev–Trinajstić information content (AvgIpc) is 3.80. The Labute approximate surface area is 350 Å². The fourth-order valence-electron chi connectivity index (χ4n) is 8.78. The van der Waals surface area contributed by atoms with Crippen molar-refractivity contribution in [3.8, 4) is 55.6 Å². The van der Waals surface area contributed by atoms with Gasteiger partial charge in [0.25, 0.3) is 0 Å². The minimum absolute atomic E-state index is 0.0188. The first-order chi connectivity index (χ1) is 28.0. The van der Waals surface area contributed by atoms with Gasteiger partial charge in [0.05, 0.1) is 0 Å². The second-order valence-electron chi connectivity index (χ2n) is 17.8. The van der Waals surface area contributed by atoms with Gasteiger partial charge in [-0.15, -0.1) is 22.7 Å². The molecule has 0 aliphatic heterocycles. The molecule has 0 nitrogen and oxygen atoms in total. The Morgan fingerprint density at radius 1 is 0.276 bits per heavy atom. The molecule has 2 heteroatoms. The molecule has 0 saturated carbocycles. The summed E-state index contributed by atoms with van der Waals surface area (Å²) in [5.74, 6) is 0. The Morgan fingerprint density at radius 2 is 0.621 bits per heavy atom. The van der Waals surface area contributed by atoms with Crippen molar-refractivity contribution in [3.05, 3.63) is 181 Å². The zero-order valence-corrected chi connectivity index (χ0v) is 35.6. The van der Waals surface area contributed by atoms with Crippen molar-refractivity contribution in [3.63, 3.8) is 0 Å². The Morgan fingerprint density at radius 3 is 1.05 bits per heavy atom. The Bertz CT molecular complexity index is 2970. The highest BCUT2D eigenvalue weighted by molar-refractivity contribution is 7.26. The first-order valence-electron chi connectivity index (χ1n) is 20.3. The van der Waals surface area contributed by atoms with E-state index < -0.39 is 0 Å². The van der Waals surface area contributed by atoms with Gasteiger partial charge in [-0.3, -0.25) is 0 Å². The highest BCUT2D eigenvalue weighted by atomic mass is 32.1. The van der Waals surface area contributed by atoms with Gasteiger partial charge in [-0.1, -0.05) is 163 Å². The van der Waals surface area contributed by atoms with E-state index in [2.05, 4.69) is 211 Å². The normalized spacial score (nSPS) is 12.3. The zero-order chi connectivity index (χ0) is 39.8. The van der Waals surface area contributed by atoms with Gasteiger partial charge in [-0.2, -0.15) is 0 Å². The fourth-order valence-corrected chi connectivity index (χ4v) is 11.1. The van der Waals surface area contributed by atoms with E-state index >= 15 is 0 Å². The standard InChI is InChI=1S/C56H46S2/c1-55(2,3)49-27-23-37(39-21-25-45-43-17-7-9-19-51(43)57-53(45)33-39)31-47(49)41-15-11-13-35(29-41)36-14-12-16-42(30-36)48-32-38(24-28-50(48)56(4,5)6)40-22-26-46-44-18-8-10-20-52(44)58-54(46)34-40/h7-34H,1-6H3. The lowest BCUT2D eigenvalue weighted by Gasteiger charge is -2.25. The lowest BCUT2D eigenvalue weighted by atomic mass is 9.79. The lowest BCUT2D eigenvalue weighted by Crippen LogP contribution is -2.13. The third-order valence-corrected chi connectivity index (χ3v) is 14.0. The molecule has 0 N–H and O–H groups in total. The molecule has 0 bridgehead atoms. The molecule has 0 atom stereocenters. The molecule has 0 aliphatic carbocycles. The minimum Gasteiger partial charge on any atom is -0.135 e. The van der Waals surface area contributed by atoms with Crippen molar-refractivity contribution in [1.82, 2.24) is 0 Å². The number of hydrogen-bond donors (Lipinski definition) is 0. The maximum Gasteiger partial charge on any atom is 0.0361 e. The van der Waals surface area contributed by atoms with Crippen molar-refractivity contribution in [2.75, 3.05) is 0 Å². The highest BCUT2D eigenvalue weighted by Gasteiger charge is 2.22. The van der Waals surface area contributed by atoms with E-state index in [4.69, 9.17) is 0 Å². The van der Waals surface area contributed by atoms with Crippen molar-refractivity contribution in [2.24, 2.45) is 0 Å². The minimum atomic E-state index is -0.0188. The molecule has 58 heavy (non-hydrogen) atoms. The summed E-state index contributed by atoms with van der Waals surface area (Å²) in [6.07, 6.45) is 0. The number of thiophene rings is 2. The van der Waals surface area contributed by atoms with E-state index in [1.54, 1.807) is 0 Å². The lowest BCUT2D eigenvalue weighted by molar-refractivity contribution is 0.592. The Kier molecular flexibility index (Phi) is 8.78. The summed E-state index contributed by atoms with van der Waals surface area (Å²) < 4.78 is 5.34. The molecule has 0 amide bonds. The van der Waals surface area contributed by atoms with Crippen LogP contribution in [0.1, 0.15) is 52.7 Å². The number of rotatable bonds is 5. The quantitative estimate of drug-likeness (QED) is 0.163. The van der Waals surface area contributed by atoms with Crippen LogP contribution in [0.5, 0.6) is 0 Å². The van der Waals surface area contributed by atoms with Crippen LogP contribution < -0.4 is 0 Å². The van der Waals surface area contributed by atoms with Gasteiger partial charge in [-0.25, -0.2) is 0 Å². The third-order valence-electron chi connectivity index (χ3n) is 11.8. The Hall–Kier alpha value is -5.80. The summed E-state index contributed by atoms with van der Waals surface area (Å²) in [6, 6.07) is 63.9. The van der Waals surface area contributed by atoms with Gasteiger partial charge in [0.15, 0.2) is 0 Å². The van der Waals surface area contributed by atoms with Crippen LogP contribution >= 0.6 is 22.7 Å². The summed E-state index contributed by atoms with van der Waals surface area (Å²) in [6.45, 7) is 13.9. The van der Waals surface area contributed by atoms with Gasteiger partial charge in [0.2, 0.25) is 0 Å². The number of fused-ring (bicyclic) bond motifs is 6. The van der Waals surface area contributed by atoms with E-state index in [-0.39, 0.29) is 10.8 Å². The molecule has 2 aromatic heterocycles. The van der Waals surface area contributed by atoms with Crippen LogP contribution in [-0.4, -0.2) is 0 Å². The van der Waals surface area contributed by atoms with Crippen molar-refractivity contribution in [2.45, 2.75) is 52.4 Å². The Balaban J connectivity index is 1.04. The highest BCUT2D eigenvalue weighted by Crippen LogP contribution is 2.43. The molecule has 0 aliphatic rings. The summed E-state index contributed by atoms with van der Waals surface area (Å²) in [5.41, 5.74) is 15.2. The van der Waals surface area contributed by atoms with E-state index in [0.29, 0.717) is 0 Å². The fraction of sp³-hybridized carbons (Fsp3) is 0.143. The van der Waals surface area contributed by atoms with Gasteiger partial charge >= 0.3 is 0 Å². The van der Waals surface area contributed by atoms with E-state index in [0.717, 1.165) is 0 Å². The van der Waals surface area contributed by atoms with Crippen molar-refractivity contribution < 1.29 is 0 Å². The van der Waals surface area contributed by atoms with Crippen LogP contribution in [0.4, 0.5) is 0 Å². The second-order valence-corrected chi connectivity index (χ2v) is 20.0. The van der Waals surface area contributed by atoms with Gasteiger partial charge in [0.1, 0.15) is 0 Å². The molecular formula is C56H46S2. The molecule has 282 valence electrons. The SMILES string of the molecule is CC(C)(C)c1ccc(-c2ccc3c(c2)sc2ccccc23)cc1-c1cccc(-c2cccc(-c3cc(-c4ccc5c(c4)sc4ccccc45)ccc3C(C)(C)C)c2)c1. The van der Waals surface area contributed by atoms with Gasteiger partial charge < -0.3 is 0 Å². The molecule has 0 unspecified atom stereocenters. The molecule has 0 spiro atoms. The van der Waals surface area contributed by atoms with Crippen LogP contribution in [-0.2, 0) is 10.8 Å². The molecule has 10 aromatic rings. The smallest absolute Gasteiger partial charge is 0.0361 e. The van der Waals surface area contributed by atoms with Crippen LogP contribution in [0.2, 0.25) is 0 Å². The zero-order valence-electron chi connectivity index (χ0n) is 34.0. The largest absolute Gasteiger partial charge is 0.135 e. The molecule has 10 rings (SSSR count). The van der Waals surface area contributed by atoms with Crippen LogP contribution in [0, 0.1) is 0 Å². The molecule has 0 radical (unpaired) electrons. The first-order valence-corrected chi connectivity index (χ1v) is 21.9. The molecular weight excluding hydrogens is 737 g/mol. The number of hydrogen-bond acceptors (Lipinski definition) is 2. The molecule has 2 heterocycles. The summed E-state index contributed by atoms with van der Waals surface area (Å²) in [4.78, 5) is 0. The van der Waals surface area contributed by atoms with Crippen LogP contribution in [0.25, 0.3) is 96.0 Å². The van der Waals surface area contributed by atoms with Crippen LogP contribution in [0.15, 0.2) is 170 Å².